The molecular weight excluding hydrogens is 374 g/mol. The van der Waals surface area contributed by atoms with Gasteiger partial charge in [0.25, 0.3) is 0 Å². The highest BCUT2D eigenvalue weighted by Gasteiger charge is 2.28. The maximum Gasteiger partial charge on any atom is 0.134 e. The van der Waals surface area contributed by atoms with E-state index < -0.39 is 0 Å². The van der Waals surface area contributed by atoms with Crippen molar-refractivity contribution in [2.24, 2.45) is 0 Å². The molecule has 2 aliphatic heterocycles. The second kappa shape index (κ2) is 8.70. The summed E-state index contributed by atoms with van der Waals surface area (Å²) < 4.78 is 11.4. The van der Waals surface area contributed by atoms with Crippen molar-refractivity contribution in [2.75, 3.05) is 51.3 Å². The smallest absolute Gasteiger partial charge is 0.134 e. The van der Waals surface area contributed by atoms with Crippen molar-refractivity contribution in [1.82, 2.24) is 9.80 Å². The molecule has 0 atom stereocenters. The van der Waals surface area contributed by atoms with Crippen molar-refractivity contribution in [1.29, 1.82) is 0 Å². The lowest BCUT2D eigenvalue weighted by Crippen LogP contribution is -2.53. The van der Waals surface area contributed by atoms with Crippen LogP contribution in [0.4, 0.5) is 5.69 Å². The maximum atomic E-state index is 6.02. The molecule has 3 heterocycles. The number of piperidine rings is 1. The molecule has 1 aromatic heterocycles. The molecular formula is C25H31N3O2. The zero-order valence-corrected chi connectivity index (χ0v) is 17.8. The van der Waals surface area contributed by atoms with Gasteiger partial charge in [-0.15, -0.1) is 0 Å². The molecule has 30 heavy (non-hydrogen) atoms. The van der Waals surface area contributed by atoms with Crippen LogP contribution >= 0.6 is 0 Å². The van der Waals surface area contributed by atoms with Crippen LogP contribution < -0.4 is 9.64 Å². The fraction of sp³-hybridized carbons (Fsp3) is 0.440. The SMILES string of the molecule is COc1cccc(N2CCN(C3CCN(Cc4cc5ccccc5o4)CC3)CC2)c1. The first-order valence-electron chi connectivity index (χ1n) is 11.1. The number of hydrogen-bond donors (Lipinski definition) is 0. The van der Waals surface area contributed by atoms with Gasteiger partial charge in [0.05, 0.1) is 13.7 Å². The molecule has 0 radical (unpaired) electrons. The van der Waals surface area contributed by atoms with Gasteiger partial charge in [-0.2, -0.15) is 0 Å². The summed E-state index contributed by atoms with van der Waals surface area (Å²) in [7, 11) is 1.73. The largest absolute Gasteiger partial charge is 0.497 e. The summed E-state index contributed by atoms with van der Waals surface area (Å²) >= 11 is 0. The first-order chi connectivity index (χ1) is 14.8. The van der Waals surface area contributed by atoms with E-state index in [1.54, 1.807) is 7.11 Å². The first-order valence-corrected chi connectivity index (χ1v) is 11.1. The summed E-state index contributed by atoms with van der Waals surface area (Å²) in [6.45, 7) is 7.69. The number of nitrogens with zero attached hydrogens (tertiary/aromatic N) is 3. The monoisotopic (exact) mass is 405 g/mol. The standard InChI is InChI=1S/C25H31N3O2/c1-29-23-7-4-6-22(18-23)28-15-13-27(14-16-28)21-9-11-26(12-10-21)19-24-17-20-5-2-3-8-25(20)30-24/h2-8,17-18,21H,9-16,19H2,1H3. The lowest BCUT2D eigenvalue weighted by atomic mass is 10.0. The van der Waals surface area contributed by atoms with Gasteiger partial charge >= 0.3 is 0 Å². The van der Waals surface area contributed by atoms with Crippen molar-refractivity contribution in [3.8, 4) is 5.75 Å². The fourth-order valence-electron chi connectivity index (χ4n) is 4.93. The fourth-order valence-corrected chi connectivity index (χ4v) is 4.93. The highest BCUT2D eigenvalue weighted by Crippen LogP contribution is 2.26. The zero-order valence-electron chi connectivity index (χ0n) is 17.8. The Morgan fingerprint density at radius 3 is 2.47 bits per heavy atom. The Labute approximate surface area is 178 Å². The Morgan fingerprint density at radius 1 is 0.900 bits per heavy atom. The topological polar surface area (TPSA) is 32.1 Å². The van der Waals surface area contributed by atoms with Crippen molar-refractivity contribution in [2.45, 2.75) is 25.4 Å². The molecule has 0 aliphatic carbocycles. The van der Waals surface area contributed by atoms with E-state index in [4.69, 9.17) is 9.15 Å². The van der Waals surface area contributed by atoms with Crippen LogP contribution in [0.1, 0.15) is 18.6 Å². The van der Waals surface area contributed by atoms with E-state index in [2.05, 4.69) is 57.2 Å². The Bertz CT molecular complexity index is 936. The van der Waals surface area contributed by atoms with Gasteiger partial charge in [0.1, 0.15) is 17.1 Å². The summed E-state index contributed by atoms with van der Waals surface area (Å²) in [5, 5.41) is 1.20. The van der Waals surface area contributed by atoms with E-state index in [1.807, 2.05) is 12.1 Å². The number of furan rings is 1. The molecule has 0 saturated carbocycles. The zero-order chi connectivity index (χ0) is 20.3. The van der Waals surface area contributed by atoms with Crippen LogP contribution in [0.15, 0.2) is 59.0 Å². The van der Waals surface area contributed by atoms with Gasteiger partial charge in [0.2, 0.25) is 0 Å². The molecule has 2 saturated heterocycles. The van der Waals surface area contributed by atoms with Crippen molar-refractivity contribution < 1.29 is 9.15 Å². The second-order valence-corrected chi connectivity index (χ2v) is 8.48. The van der Waals surface area contributed by atoms with E-state index >= 15 is 0 Å². The number of likely N-dealkylation sites (tertiary alicyclic amines) is 1. The minimum atomic E-state index is 0.712. The van der Waals surface area contributed by atoms with Crippen LogP contribution in [0, 0.1) is 0 Å². The molecule has 0 unspecified atom stereocenters. The second-order valence-electron chi connectivity index (χ2n) is 8.48. The molecule has 2 fully saturated rings. The number of para-hydroxylation sites is 1. The number of fused-ring (bicyclic) bond motifs is 1. The first kappa shape index (κ1) is 19.5. The number of methoxy groups -OCH3 is 1. The molecule has 158 valence electrons. The lowest BCUT2D eigenvalue weighted by Gasteiger charge is -2.43. The third-order valence-corrected chi connectivity index (χ3v) is 6.66. The van der Waals surface area contributed by atoms with Crippen LogP contribution in [0.2, 0.25) is 0 Å². The van der Waals surface area contributed by atoms with E-state index in [-0.39, 0.29) is 0 Å². The van der Waals surface area contributed by atoms with E-state index in [1.165, 1.54) is 23.9 Å². The van der Waals surface area contributed by atoms with Gasteiger partial charge in [0.15, 0.2) is 0 Å². The highest BCUT2D eigenvalue weighted by molar-refractivity contribution is 5.77. The molecule has 0 spiro atoms. The molecule has 0 amide bonds. The van der Waals surface area contributed by atoms with Gasteiger partial charge in [-0.25, -0.2) is 0 Å². The van der Waals surface area contributed by atoms with Crippen molar-refractivity contribution >= 4 is 16.7 Å². The average molecular weight is 406 g/mol. The van der Waals surface area contributed by atoms with Gasteiger partial charge in [-0.3, -0.25) is 9.80 Å². The normalized spacial score (nSPS) is 19.4. The van der Waals surface area contributed by atoms with Crippen LogP contribution in [0.3, 0.4) is 0 Å². The summed E-state index contributed by atoms with van der Waals surface area (Å²) in [6, 6.07) is 19.6. The number of benzene rings is 2. The van der Waals surface area contributed by atoms with Crippen LogP contribution in [-0.2, 0) is 6.54 Å². The third-order valence-electron chi connectivity index (χ3n) is 6.66. The summed E-state index contributed by atoms with van der Waals surface area (Å²) in [4.78, 5) is 7.73. The third kappa shape index (κ3) is 4.18. The molecule has 5 nitrogen and oxygen atoms in total. The molecule has 2 aromatic carbocycles. The van der Waals surface area contributed by atoms with Gasteiger partial charge in [-0.1, -0.05) is 24.3 Å². The minimum Gasteiger partial charge on any atom is -0.497 e. The highest BCUT2D eigenvalue weighted by atomic mass is 16.5. The molecule has 5 rings (SSSR count). The summed E-state index contributed by atoms with van der Waals surface area (Å²) in [5.41, 5.74) is 2.27. The number of ether oxygens (including phenoxy) is 1. The Kier molecular flexibility index (Phi) is 5.65. The Balaban J connectivity index is 1.11. The van der Waals surface area contributed by atoms with Gasteiger partial charge in [0, 0.05) is 62.5 Å². The van der Waals surface area contributed by atoms with Crippen LogP contribution in [0.25, 0.3) is 11.0 Å². The van der Waals surface area contributed by atoms with Crippen LogP contribution in [-0.4, -0.2) is 62.2 Å². The molecule has 3 aromatic rings. The number of piperazine rings is 1. The Morgan fingerprint density at radius 2 is 1.70 bits per heavy atom. The number of anilines is 1. The Hall–Kier alpha value is -2.50. The molecule has 5 heteroatoms. The maximum absolute atomic E-state index is 6.02. The lowest BCUT2D eigenvalue weighted by molar-refractivity contribution is 0.0965. The summed E-state index contributed by atoms with van der Waals surface area (Å²) in [5.74, 6) is 2.02. The quantitative estimate of drug-likeness (QED) is 0.634. The van der Waals surface area contributed by atoms with E-state index in [0.717, 1.165) is 62.9 Å². The van der Waals surface area contributed by atoms with E-state index in [9.17, 15) is 0 Å². The molecule has 0 bridgehead atoms. The van der Waals surface area contributed by atoms with Gasteiger partial charge < -0.3 is 14.1 Å². The van der Waals surface area contributed by atoms with Crippen molar-refractivity contribution in [3.63, 3.8) is 0 Å². The van der Waals surface area contributed by atoms with Crippen LogP contribution in [0.5, 0.6) is 5.75 Å². The summed E-state index contributed by atoms with van der Waals surface area (Å²) in [6.07, 6.45) is 2.50. The van der Waals surface area contributed by atoms with Crippen molar-refractivity contribution in [3.05, 3.63) is 60.4 Å². The van der Waals surface area contributed by atoms with E-state index in [0.29, 0.717) is 6.04 Å². The minimum absolute atomic E-state index is 0.712. The molecule has 2 aliphatic rings. The molecule has 0 N–H and O–H groups in total. The number of hydrogen-bond acceptors (Lipinski definition) is 5. The average Bonchev–Trinajstić information content (AvgIpc) is 3.22. The number of rotatable bonds is 5. The predicted octanol–water partition coefficient (Wildman–Crippen LogP) is 4.23. The van der Waals surface area contributed by atoms with Gasteiger partial charge in [-0.05, 0) is 37.1 Å². The predicted molar refractivity (Wildman–Crippen MR) is 121 cm³/mol.